The highest BCUT2D eigenvalue weighted by Crippen LogP contribution is 2.42. The van der Waals surface area contributed by atoms with Crippen molar-refractivity contribution in [3.05, 3.63) is 63.6 Å². The average molecular weight is 614 g/mol. The lowest BCUT2D eigenvalue weighted by molar-refractivity contribution is -0.137. The van der Waals surface area contributed by atoms with Crippen LogP contribution in [0.5, 0.6) is 0 Å². The van der Waals surface area contributed by atoms with Crippen molar-refractivity contribution in [2.75, 3.05) is 37.6 Å². The number of likely N-dealkylation sites (tertiary alicyclic amines) is 1. The van der Waals surface area contributed by atoms with Gasteiger partial charge in [-0.05, 0) is 60.7 Å². The Morgan fingerprint density at radius 1 is 1.07 bits per heavy atom. The van der Waals surface area contributed by atoms with Gasteiger partial charge in [-0.15, -0.1) is 0 Å². The van der Waals surface area contributed by atoms with Crippen LogP contribution in [0.4, 0.5) is 5.69 Å². The first kappa shape index (κ1) is 28.3. The molecule has 0 aliphatic carbocycles. The van der Waals surface area contributed by atoms with Gasteiger partial charge in [0.25, 0.3) is 12.4 Å². The van der Waals surface area contributed by atoms with E-state index in [1.54, 1.807) is 4.90 Å². The van der Waals surface area contributed by atoms with Crippen molar-refractivity contribution in [3.8, 4) is 0 Å². The molecule has 11 heteroatoms. The number of fused-ring (bicyclic) bond motifs is 1. The normalized spacial score (nSPS) is 22.1. The summed E-state index contributed by atoms with van der Waals surface area (Å²) in [7, 11) is 0. The van der Waals surface area contributed by atoms with Gasteiger partial charge in [0.1, 0.15) is 6.04 Å². The Hall–Kier alpha value is -3.28. The number of nitrogens with one attached hydrogen (secondary N) is 1. The molecule has 6 rings (SSSR count). The number of aliphatic hydroxyl groups is 1. The molecule has 2 atom stereocenters. The average Bonchev–Trinajstić information content (AvgIpc) is 3.20. The predicted octanol–water partition coefficient (Wildman–Crippen LogP) is 2.03. The number of β-amino-alcohol motifs (C(OH)–C–C–N with tert-alkyl or cyclic N) is 1. The zero-order chi connectivity index (χ0) is 28.4. The third-order valence-corrected chi connectivity index (χ3v) is 8.71. The van der Waals surface area contributed by atoms with Crippen LogP contribution < -0.4 is 10.2 Å². The summed E-state index contributed by atoms with van der Waals surface area (Å²) in [6, 6.07) is 13.7. The number of halogens is 1. The second-order valence-corrected chi connectivity index (χ2v) is 12.1. The summed E-state index contributed by atoms with van der Waals surface area (Å²) < 4.78 is 1.10. The summed E-state index contributed by atoms with van der Waals surface area (Å²) >= 11 is 3.49. The molecule has 4 heterocycles. The molecule has 0 bridgehead atoms. The molecule has 10 nitrogen and oxygen atoms in total. The fourth-order valence-corrected chi connectivity index (χ4v) is 6.60. The lowest BCUT2D eigenvalue weighted by Crippen LogP contribution is -2.72. The number of piperidine rings is 1. The van der Waals surface area contributed by atoms with Crippen molar-refractivity contribution < 1.29 is 29.4 Å². The van der Waals surface area contributed by atoms with Crippen LogP contribution in [0.25, 0.3) is 0 Å². The monoisotopic (exact) mass is 612 g/mol. The first-order valence-corrected chi connectivity index (χ1v) is 14.2. The SMILES string of the molecule is O=C1CCC(N2Cc3cc(CC[C@H](O)CN4CC5(C4)CN(c4ccc(Br)cc4)C5)ccc3C2=O)C(=O)N1.O=CO. The molecular formula is C29H33BrN4O6. The van der Waals surface area contributed by atoms with E-state index in [0.29, 0.717) is 36.9 Å². The topological polar surface area (TPSA) is 130 Å². The summed E-state index contributed by atoms with van der Waals surface area (Å²) in [6.07, 6.45) is 1.62. The summed E-state index contributed by atoms with van der Waals surface area (Å²) in [4.78, 5) is 51.3. The Kier molecular flexibility index (Phi) is 8.25. The minimum absolute atomic E-state index is 0.155. The Bertz CT molecular complexity index is 1290. The number of imide groups is 1. The Labute approximate surface area is 241 Å². The fraction of sp³-hybridized carbons (Fsp3) is 0.448. The van der Waals surface area contributed by atoms with Crippen LogP contribution in [0.2, 0.25) is 0 Å². The molecule has 3 amide bonds. The highest BCUT2D eigenvalue weighted by atomic mass is 79.9. The molecule has 1 spiro atoms. The lowest BCUT2D eigenvalue weighted by atomic mass is 9.72. The smallest absolute Gasteiger partial charge is 0.290 e. The molecule has 40 heavy (non-hydrogen) atoms. The Morgan fingerprint density at radius 3 is 2.45 bits per heavy atom. The van der Waals surface area contributed by atoms with Gasteiger partial charge in [0.15, 0.2) is 0 Å². The van der Waals surface area contributed by atoms with E-state index in [4.69, 9.17) is 9.90 Å². The van der Waals surface area contributed by atoms with Crippen molar-refractivity contribution in [1.82, 2.24) is 15.1 Å². The van der Waals surface area contributed by atoms with Gasteiger partial charge in [0, 0.05) is 66.8 Å². The van der Waals surface area contributed by atoms with Crippen LogP contribution in [0.3, 0.4) is 0 Å². The lowest BCUT2D eigenvalue weighted by Gasteiger charge is -2.61. The summed E-state index contributed by atoms with van der Waals surface area (Å²) in [5.41, 5.74) is 4.25. The van der Waals surface area contributed by atoms with Crippen LogP contribution in [-0.4, -0.2) is 89.1 Å². The second kappa shape index (κ2) is 11.7. The first-order valence-electron chi connectivity index (χ1n) is 13.5. The minimum atomic E-state index is -0.597. The van der Waals surface area contributed by atoms with Crippen LogP contribution in [0.15, 0.2) is 46.9 Å². The van der Waals surface area contributed by atoms with Gasteiger partial charge >= 0.3 is 0 Å². The largest absolute Gasteiger partial charge is 0.483 e. The number of nitrogens with zero attached hydrogens (tertiary/aromatic N) is 3. The van der Waals surface area contributed by atoms with E-state index in [9.17, 15) is 19.5 Å². The van der Waals surface area contributed by atoms with E-state index in [1.807, 2.05) is 18.2 Å². The first-order chi connectivity index (χ1) is 19.2. The van der Waals surface area contributed by atoms with Crippen LogP contribution in [0.1, 0.15) is 40.7 Å². The fourth-order valence-electron chi connectivity index (χ4n) is 6.34. The molecule has 2 aromatic carbocycles. The van der Waals surface area contributed by atoms with Gasteiger partial charge in [-0.1, -0.05) is 28.1 Å². The van der Waals surface area contributed by atoms with E-state index in [-0.39, 0.29) is 24.7 Å². The molecular weight excluding hydrogens is 580 g/mol. The predicted molar refractivity (Wildman–Crippen MR) is 151 cm³/mol. The number of aryl methyl sites for hydroxylation is 1. The van der Waals surface area contributed by atoms with Gasteiger partial charge in [-0.25, -0.2) is 0 Å². The standard InChI is InChI=1S/C28H31BrN4O4.CH2O2/c29-20-3-5-21(6-4-20)32-16-28(17-32)14-31(15-28)13-22(34)7-1-18-2-8-23-19(11-18)12-33(27(23)37)24-9-10-25(35)30-26(24)36;2-1-3/h2-6,8,11,22,24,34H,1,7,9-10,12-17H2,(H,30,35,36);1H,(H,2,3)/t22-,24?;/m0./s1. The Balaban J connectivity index is 0.00000103. The van der Waals surface area contributed by atoms with Crippen LogP contribution in [0, 0.1) is 5.41 Å². The van der Waals surface area contributed by atoms with Crippen molar-refractivity contribution in [2.24, 2.45) is 5.41 Å². The highest BCUT2D eigenvalue weighted by molar-refractivity contribution is 9.10. The molecule has 3 N–H and O–H groups in total. The molecule has 3 saturated heterocycles. The summed E-state index contributed by atoms with van der Waals surface area (Å²) in [5.74, 6) is -0.830. The molecule has 0 radical (unpaired) electrons. The maximum absolute atomic E-state index is 12.9. The molecule has 212 valence electrons. The molecule has 2 aromatic rings. The van der Waals surface area contributed by atoms with E-state index in [2.05, 4.69) is 55.3 Å². The van der Waals surface area contributed by atoms with E-state index >= 15 is 0 Å². The van der Waals surface area contributed by atoms with E-state index in [0.717, 1.165) is 48.2 Å². The third kappa shape index (κ3) is 5.91. The molecule has 4 aliphatic heterocycles. The van der Waals surface area contributed by atoms with Gasteiger partial charge in [-0.2, -0.15) is 0 Å². The molecule has 0 saturated carbocycles. The zero-order valence-electron chi connectivity index (χ0n) is 22.1. The van der Waals surface area contributed by atoms with Crippen molar-refractivity contribution in [2.45, 2.75) is 44.4 Å². The molecule has 0 aromatic heterocycles. The molecule has 4 aliphatic rings. The van der Waals surface area contributed by atoms with Gasteiger partial charge in [0.2, 0.25) is 11.8 Å². The number of amides is 3. The highest BCUT2D eigenvalue weighted by Gasteiger charge is 2.51. The van der Waals surface area contributed by atoms with Crippen LogP contribution >= 0.6 is 15.9 Å². The summed E-state index contributed by atoms with van der Waals surface area (Å²) in [5, 5.41) is 19.9. The van der Waals surface area contributed by atoms with E-state index < -0.39 is 18.1 Å². The Morgan fingerprint density at radius 2 is 1.77 bits per heavy atom. The van der Waals surface area contributed by atoms with Gasteiger partial charge in [-0.3, -0.25) is 29.4 Å². The number of benzene rings is 2. The maximum atomic E-state index is 12.9. The number of anilines is 1. The van der Waals surface area contributed by atoms with Crippen molar-refractivity contribution in [1.29, 1.82) is 0 Å². The maximum Gasteiger partial charge on any atom is 0.290 e. The number of hydrogen-bond acceptors (Lipinski definition) is 7. The number of aliphatic hydroxyl groups excluding tert-OH is 1. The van der Waals surface area contributed by atoms with Crippen molar-refractivity contribution >= 4 is 45.8 Å². The third-order valence-electron chi connectivity index (χ3n) is 8.19. The number of carbonyl (C=O) groups is 4. The van der Waals surface area contributed by atoms with Crippen LogP contribution in [-0.2, 0) is 27.3 Å². The number of carboxylic acid groups (broad SMARTS) is 1. The number of carbonyl (C=O) groups excluding carboxylic acids is 3. The zero-order valence-corrected chi connectivity index (χ0v) is 23.7. The second-order valence-electron chi connectivity index (χ2n) is 11.2. The summed E-state index contributed by atoms with van der Waals surface area (Å²) in [6.45, 7) is 5.04. The quantitative estimate of drug-likeness (QED) is 0.320. The van der Waals surface area contributed by atoms with Gasteiger partial charge in [0.05, 0.1) is 6.10 Å². The molecule has 3 fully saturated rings. The van der Waals surface area contributed by atoms with Crippen molar-refractivity contribution in [3.63, 3.8) is 0 Å². The minimum Gasteiger partial charge on any atom is -0.483 e. The van der Waals surface area contributed by atoms with Gasteiger partial charge < -0.3 is 20.0 Å². The van der Waals surface area contributed by atoms with E-state index in [1.165, 1.54) is 5.69 Å². The number of hydrogen-bond donors (Lipinski definition) is 3. The number of rotatable bonds is 7. The molecule has 1 unspecified atom stereocenters.